The molecule has 0 fully saturated rings. The van der Waals surface area contributed by atoms with Crippen LogP contribution in [0.4, 0.5) is 0 Å². The maximum Gasteiger partial charge on any atom is 0.164 e. The fourth-order valence-corrected chi connectivity index (χ4v) is 9.12. The largest absolute Gasteiger partial charge is 0.308 e. The average molecular weight is 908 g/mol. The van der Waals surface area contributed by atoms with Crippen LogP contribution in [0.25, 0.3) is 118 Å². The Morgan fingerprint density at radius 3 is 1.03 bits per heavy atom. The maximum atomic E-state index is 9.95. The molecule has 0 aliphatic heterocycles. The Morgan fingerprint density at radius 1 is 0.282 bits per heavy atom. The van der Waals surface area contributed by atoms with Gasteiger partial charge in [-0.3, -0.25) is 0 Å². The van der Waals surface area contributed by atoms with Crippen molar-refractivity contribution >= 4 is 21.8 Å². The van der Waals surface area contributed by atoms with E-state index in [1.807, 2.05) is 170 Å². The van der Waals surface area contributed by atoms with Crippen LogP contribution >= 0.6 is 0 Å². The Morgan fingerprint density at radius 2 is 0.620 bits per heavy atom. The van der Waals surface area contributed by atoms with E-state index in [9.17, 15) is 10.5 Å². The maximum absolute atomic E-state index is 9.95. The second-order valence-electron chi connectivity index (χ2n) is 17.0. The van der Waals surface area contributed by atoms with Gasteiger partial charge in [-0.15, -0.1) is 0 Å². The van der Waals surface area contributed by atoms with Gasteiger partial charge in [0.15, 0.2) is 34.9 Å². The summed E-state index contributed by atoms with van der Waals surface area (Å²) in [7, 11) is 0. The van der Waals surface area contributed by atoms with E-state index in [0.29, 0.717) is 46.1 Å². The zero-order valence-corrected chi connectivity index (χ0v) is 37.9. The first-order valence-corrected chi connectivity index (χ1v) is 23.1. The SMILES string of the molecule is N#Cc1ccc(-c2cc(-c3nc(-c4ccccc4)nc(-c4ccccc4)n3)cc(-c3ccc(C#N)cc3)c2-n2c3ccccc3c3cc(-c4nc(-c5ccccc5)nc(-c5ccccc5)n4)ccc32)cc1. The summed E-state index contributed by atoms with van der Waals surface area (Å²) in [5.74, 6) is 3.30. The molecule has 0 bridgehead atoms. The summed E-state index contributed by atoms with van der Waals surface area (Å²) in [6.07, 6.45) is 0. The predicted octanol–water partition coefficient (Wildman–Crippen LogP) is 14.2. The van der Waals surface area contributed by atoms with E-state index in [1.54, 1.807) is 0 Å². The summed E-state index contributed by atoms with van der Waals surface area (Å²) in [6, 6.07) is 78.8. The summed E-state index contributed by atoms with van der Waals surface area (Å²) in [5.41, 5.74) is 12.5. The molecule has 9 aromatic carbocycles. The highest BCUT2D eigenvalue weighted by Gasteiger charge is 2.24. The number of nitrogens with zero attached hydrogens (tertiary/aromatic N) is 9. The van der Waals surface area contributed by atoms with Gasteiger partial charge in [0.25, 0.3) is 0 Å². The lowest BCUT2D eigenvalue weighted by Gasteiger charge is -2.21. The van der Waals surface area contributed by atoms with Crippen LogP contribution in [0.15, 0.2) is 224 Å². The topological polar surface area (TPSA) is 130 Å². The fourth-order valence-electron chi connectivity index (χ4n) is 9.12. The van der Waals surface area contributed by atoms with E-state index >= 15 is 0 Å². The minimum Gasteiger partial charge on any atom is -0.308 e. The number of benzene rings is 9. The molecule has 9 nitrogen and oxygen atoms in total. The third kappa shape index (κ3) is 8.02. The first kappa shape index (κ1) is 42.2. The molecule has 0 amide bonds. The molecule has 12 aromatic rings. The van der Waals surface area contributed by atoms with Crippen LogP contribution < -0.4 is 0 Å². The lowest BCUT2D eigenvalue weighted by molar-refractivity contribution is 1.07. The monoisotopic (exact) mass is 907 g/mol. The molecule has 3 heterocycles. The number of aromatic nitrogens is 7. The van der Waals surface area contributed by atoms with Crippen LogP contribution in [-0.4, -0.2) is 34.5 Å². The van der Waals surface area contributed by atoms with Crippen LogP contribution in [0.1, 0.15) is 11.1 Å². The van der Waals surface area contributed by atoms with E-state index in [4.69, 9.17) is 29.9 Å². The number of fused-ring (bicyclic) bond motifs is 3. The Hall–Kier alpha value is -10.2. The molecular weight excluding hydrogens is 871 g/mol. The average Bonchev–Trinajstić information content (AvgIpc) is 3.78. The van der Waals surface area contributed by atoms with Gasteiger partial charge in [-0.1, -0.05) is 164 Å². The Balaban J connectivity index is 1.14. The summed E-state index contributed by atoms with van der Waals surface area (Å²) < 4.78 is 2.32. The van der Waals surface area contributed by atoms with E-state index in [2.05, 4.69) is 71.3 Å². The fraction of sp³-hybridized carbons (Fsp3) is 0. The van der Waals surface area contributed by atoms with E-state index < -0.39 is 0 Å². The molecule has 0 N–H and O–H groups in total. The van der Waals surface area contributed by atoms with Gasteiger partial charge in [-0.2, -0.15) is 10.5 Å². The van der Waals surface area contributed by atoms with Crippen molar-refractivity contribution in [3.63, 3.8) is 0 Å². The molecule has 0 aliphatic carbocycles. The van der Waals surface area contributed by atoms with Crippen molar-refractivity contribution in [2.45, 2.75) is 0 Å². The van der Waals surface area contributed by atoms with Crippen molar-refractivity contribution in [2.75, 3.05) is 0 Å². The third-order valence-corrected chi connectivity index (χ3v) is 12.6. The molecule has 0 saturated carbocycles. The van der Waals surface area contributed by atoms with Crippen molar-refractivity contribution in [1.82, 2.24) is 34.5 Å². The molecule has 0 radical (unpaired) electrons. The summed E-state index contributed by atoms with van der Waals surface area (Å²) in [5, 5.41) is 21.9. The van der Waals surface area contributed by atoms with Gasteiger partial charge in [-0.05, 0) is 71.8 Å². The van der Waals surface area contributed by atoms with Crippen LogP contribution in [0.3, 0.4) is 0 Å². The molecule has 12 rings (SSSR count). The molecule has 330 valence electrons. The predicted molar refractivity (Wildman–Crippen MR) is 280 cm³/mol. The lowest BCUT2D eigenvalue weighted by atomic mass is 9.91. The molecule has 0 aliphatic rings. The highest BCUT2D eigenvalue weighted by atomic mass is 15.0. The molecule has 3 aromatic heterocycles. The summed E-state index contributed by atoms with van der Waals surface area (Å²) in [4.78, 5) is 30.5. The van der Waals surface area contributed by atoms with Crippen LogP contribution in [0.5, 0.6) is 0 Å². The van der Waals surface area contributed by atoms with Crippen LogP contribution in [0.2, 0.25) is 0 Å². The zero-order chi connectivity index (χ0) is 47.7. The van der Waals surface area contributed by atoms with Gasteiger partial charge in [0.05, 0.1) is 40.0 Å². The van der Waals surface area contributed by atoms with Crippen molar-refractivity contribution < 1.29 is 0 Å². The quantitative estimate of drug-likeness (QED) is 0.140. The molecule has 0 spiro atoms. The third-order valence-electron chi connectivity index (χ3n) is 12.6. The van der Waals surface area contributed by atoms with Crippen molar-refractivity contribution in [2.24, 2.45) is 0 Å². The molecule has 0 unspecified atom stereocenters. The molecular formula is C62H37N9. The minimum absolute atomic E-state index is 0.489. The second-order valence-corrected chi connectivity index (χ2v) is 17.0. The summed E-state index contributed by atoms with van der Waals surface area (Å²) >= 11 is 0. The number of para-hydroxylation sites is 1. The second kappa shape index (κ2) is 18.1. The van der Waals surface area contributed by atoms with Gasteiger partial charge < -0.3 is 4.57 Å². The van der Waals surface area contributed by atoms with Gasteiger partial charge in [0.1, 0.15) is 0 Å². The highest BCUT2D eigenvalue weighted by molar-refractivity contribution is 6.12. The van der Waals surface area contributed by atoms with Crippen molar-refractivity contribution in [3.8, 4) is 108 Å². The van der Waals surface area contributed by atoms with Gasteiger partial charge in [-0.25, -0.2) is 29.9 Å². The Kier molecular flexibility index (Phi) is 10.8. The number of hydrogen-bond donors (Lipinski definition) is 0. The van der Waals surface area contributed by atoms with Gasteiger partial charge in [0.2, 0.25) is 0 Å². The first-order valence-electron chi connectivity index (χ1n) is 23.1. The smallest absolute Gasteiger partial charge is 0.164 e. The van der Waals surface area contributed by atoms with Gasteiger partial charge >= 0.3 is 0 Å². The Bertz CT molecular complexity index is 3840. The van der Waals surface area contributed by atoms with Gasteiger partial charge in [0, 0.05) is 55.3 Å². The lowest BCUT2D eigenvalue weighted by Crippen LogP contribution is -2.04. The zero-order valence-electron chi connectivity index (χ0n) is 37.9. The Labute approximate surface area is 409 Å². The highest BCUT2D eigenvalue weighted by Crippen LogP contribution is 2.44. The molecule has 9 heteroatoms. The van der Waals surface area contributed by atoms with E-state index in [0.717, 1.165) is 83.1 Å². The van der Waals surface area contributed by atoms with E-state index in [1.165, 1.54) is 0 Å². The normalized spacial score (nSPS) is 11.1. The number of rotatable bonds is 9. The van der Waals surface area contributed by atoms with Crippen LogP contribution in [0, 0.1) is 22.7 Å². The molecule has 0 saturated heterocycles. The van der Waals surface area contributed by atoms with E-state index in [-0.39, 0.29) is 0 Å². The number of nitriles is 2. The van der Waals surface area contributed by atoms with Crippen molar-refractivity contribution in [3.05, 3.63) is 236 Å². The molecule has 0 atom stereocenters. The summed E-state index contributed by atoms with van der Waals surface area (Å²) in [6.45, 7) is 0. The van der Waals surface area contributed by atoms with Crippen LogP contribution in [-0.2, 0) is 0 Å². The molecule has 71 heavy (non-hydrogen) atoms. The standard InChI is InChI=1S/C62H37N9/c63-38-40-25-29-42(30-26-40)51-36-49(62-69-59(46-19-9-3-10-20-46)66-60(70-62)47-21-11-4-12-22-47)37-52(43-31-27-41(39-64)28-32-43)56(51)71-54-24-14-13-23-50(54)53-35-48(33-34-55(53)71)61-67-57(44-15-5-1-6-16-44)65-58(68-61)45-17-7-2-8-18-45/h1-37H. The first-order chi connectivity index (χ1) is 35.1. The minimum atomic E-state index is 0.489. The number of hydrogen-bond acceptors (Lipinski definition) is 8. The van der Waals surface area contributed by atoms with Crippen molar-refractivity contribution in [1.29, 1.82) is 10.5 Å².